The van der Waals surface area contributed by atoms with Gasteiger partial charge in [-0.2, -0.15) is 5.10 Å². The fourth-order valence-corrected chi connectivity index (χ4v) is 2.64. The summed E-state index contributed by atoms with van der Waals surface area (Å²) < 4.78 is 20.4. The Labute approximate surface area is 151 Å². The molecule has 2 aromatic heterocycles. The molecule has 2 heterocycles. The predicted octanol–water partition coefficient (Wildman–Crippen LogP) is 3.09. The molecule has 0 spiro atoms. The van der Waals surface area contributed by atoms with Gasteiger partial charge in [0.15, 0.2) is 0 Å². The Morgan fingerprint density at radius 3 is 2.88 bits per heavy atom. The van der Waals surface area contributed by atoms with Gasteiger partial charge < -0.3 is 9.30 Å². The minimum absolute atomic E-state index is 0.287. The first-order valence-corrected chi connectivity index (χ1v) is 8.31. The van der Waals surface area contributed by atoms with E-state index in [9.17, 15) is 4.39 Å². The summed E-state index contributed by atoms with van der Waals surface area (Å²) in [7, 11) is 1.60. The van der Waals surface area contributed by atoms with Gasteiger partial charge in [0.2, 0.25) is 0 Å². The molecule has 132 valence electrons. The number of nitrogens with zero attached hydrogens (tertiary/aromatic N) is 4. The molecule has 3 rings (SSSR count). The molecular weight excluding hydrogens is 331 g/mol. The van der Waals surface area contributed by atoms with E-state index in [0.29, 0.717) is 24.7 Å². The summed E-state index contributed by atoms with van der Waals surface area (Å²) in [6.45, 7) is 2.93. The topological polar surface area (TPSA) is 52.8 Å². The minimum Gasteiger partial charge on any atom is -0.372 e. The molecule has 0 bridgehead atoms. The number of aryl methyl sites for hydroxylation is 1. The van der Waals surface area contributed by atoms with Gasteiger partial charge >= 0.3 is 0 Å². The SMILES string of the molecule is CCc1cc(C#CCOC)nnc1Cn1ccnc1-c1cccc(F)c1. The van der Waals surface area contributed by atoms with Gasteiger partial charge in [0.1, 0.15) is 23.9 Å². The van der Waals surface area contributed by atoms with Gasteiger partial charge in [-0.3, -0.25) is 0 Å². The minimum atomic E-state index is -0.287. The number of ether oxygens (including phenoxy) is 1. The summed E-state index contributed by atoms with van der Waals surface area (Å²) in [6.07, 6.45) is 4.37. The Bertz CT molecular complexity index is 956. The lowest BCUT2D eigenvalue weighted by Crippen LogP contribution is -2.08. The van der Waals surface area contributed by atoms with Gasteiger partial charge in [-0.1, -0.05) is 25.0 Å². The number of rotatable bonds is 5. The van der Waals surface area contributed by atoms with E-state index in [1.807, 2.05) is 22.9 Å². The largest absolute Gasteiger partial charge is 0.372 e. The van der Waals surface area contributed by atoms with Crippen LogP contribution in [0.5, 0.6) is 0 Å². The zero-order valence-electron chi connectivity index (χ0n) is 14.7. The van der Waals surface area contributed by atoms with Gasteiger partial charge in [-0.15, -0.1) is 5.10 Å². The number of hydrogen-bond acceptors (Lipinski definition) is 4. The van der Waals surface area contributed by atoms with Crippen LogP contribution in [0.1, 0.15) is 23.9 Å². The van der Waals surface area contributed by atoms with E-state index in [0.717, 1.165) is 23.2 Å². The first-order chi connectivity index (χ1) is 12.7. The lowest BCUT2D eigenvalue weighted by atomic mass is 10.1. The zero-order chi connectivity index (χ0) is 18.4. The lowest BCUT2D eigenvalue weighted by molar-refractivity contribution is 0.240. The molecule has 0 amide bonds. The number of methoxy groups -OCH3 is 1. The Kier molecular flexibility index (Phi) is 5.72. The first kappa shape index (κ1) is 17.8. The van der Waals surface area contributed by atoms with Crippen LogP contribution < -0.4 is 0 Å². The van der Waals surface area contributed by atoms with E-state index >= 15 is 0 Å². The van der Waals surface area contributed by atoms with Crippen LogP contribution in [0.25, 0.3) is 11.4 Å². The summed E-state index contributed by atoms with van der Waals surface area (Å²) in [5.41, 5.74) is 3.27. The highest BCUT2D eigenvalue weighted by atomic mass is 19.1. The molecule has 3 aromatic rings. The van der Waals surface area contributed by atoms with E-state index in [1.165, 1.54) is 12.1 Å². The van der Waals surface area contributed by atoms with Crippen LogP contribution in [-0.4, -0.2) is 33.5 Å². The Hall–Kier alpha value is -3.04. The van der Waals surface area contributed by atoms with Crippen molar-refractivity contribution in [2.24, 2.45) is 0 Å². The number of hydrogen-bond donors (Lipinski definition) is 0. The van der Waals surface area contributed by atoms with Crippen molar-refractivity contribution in [2.75, 3.05) is 13.7 Å². The standard InChI is InChI=1S/C20H19FN4O/c1-3-15-13-18(8-5-11-26-2)23-24-19(15)14-25-10-9-22-20(25)16-6-4-7-17(21)12-16/h4,6-7,9-10,12-13H,3,11,14H2,1-2H3. The molecule has 26 heavy (non-hydrogen) atoms. The highest BCUT2D eigenvalue weighted by Gasteiger charge is 2.11. The maximum atomic E-state index is 13.5. The van der Waals surface area contributed by atoms with E-state index in [4.69, 9.17) is 4.74 Å². The zero-order valence-corrected chi connectivity index (χ0v) is 14.7. The number of aromatic nitrogens is 4. The normalized spacial score (nSPS) is 10.4. The number of imidazole rings is 1. The van der Waals surface area contributed by atoms with Crippen LogP contribution in [-0.2, 0) is 17.7 Å². The van der Waals surface area contributed by atoms with Crippen molar-refractivity contribution < 1.29 is 9.13 Å². The maximum absolute atomic E-state index is 13.5. The molecule has 0 N–H and O–H groups in total. The lowest BCUT2D eigenvalue weighted by Gasteiger charge is -2.10. The van der Waals surface area contributed by atoms with Crippen molar-refractivity contribution in [1.29, 1.82) is 0 Å². The van der Waals surface area contributed by atoms with Gasteiger partial charge in [-0.25, -0.2) is 9.37 Å². The predicted molar refractivity (Wildman–Crippen MR) is 96.9 cm³/mol. The molecule has 6 heteroatoms. The fourth-order valence-electron chi connectivity index (χ4n) is 2.64. The summed E-state index contributed by atoms with van der Waals surface area (Å²) in [4.78, 5) is 4.36. The summed E-state index contributed by atoms with van der Waals surface area (Å²) in [5, 5.41) is 8.52. The van der Waals surface area contributed by atoms with Crippen LogP contribution in [0.3, 0.4) is 0 Å². The number of benzene rings is 1. The second-order valence-corrected chi connectivity index (χ2v) is 5.68. The third kappa shape index (κ3) is 4.13. The molecule has 0 aliphatic heterocycles. The highest BCUT2D eigenvalue weighted by molar-refractivity contribution is 5.55. The van der Waals surface area contributed by atoms with Crippen molar-refractivity contribution in [3.63, 3.8) is 0 Å². The highest BCUT2D eigenvalue weighted by Crippen LogP contribution is 2.20. The summed E-state index contributed by atoms with van der Waals surface area (Å²) in [5.74, 6) is 6.22. The van der Waals surface area contributed by atoms with Gasteiger partial charge in [0, 0.05) is 25.1 Å². The quantitative estimate of drug-likeness (QED) is 0.664. The van der Waals surface area contributed by atoms with Crippen LogP contribution in [0, 0.1) is 17.7 Å². The van der Waals surface area contributed by atoms with Crippen molar-refractivity contribution in [2.45, 2.75) is 19.9 Å². The Morgan fingerprint density at radius 2 is 2.12 bits per heavy atom. The van der Waals surface area contributed by atoms with Crippen molar-refractivity contribution in [1.82, 2.24) is 19.7 Å². The van der Waals surface area contributed by atoms with E-state index in [-0.39, 0.29) is 5.82 Å². The third-order valence-electron chi connectivity index (χ3n) is 3.89. The second kappa shape index (κ2) is 8.37. The second-order valence-electron chi connectivity index (χ2n) is 5.68. The molecule has 0 saturated carbocycles. The fraction of sp³-hybridized carbons (Fsp3) is 0.250. The van der Waals surface area contributed by atoms with Crippen LogP contribution in [0.4, 0.5) is 4.39 Å². The van der Waals surface area contributed by atoms with Crippen LogP contribution in [0.2, 0.25) is 0 Å². The summed E-state index contributed by atoms with van der Waals surface area (Å²) in [6, 6.07) is 8.35. The average molecular weight is 350 g/mol. The third-order valence-corrected chi connectivity index (χ3v) is 3.89. The molecule has 0 aliphatic carbocycles. The smallest absolute Gasteiger partial charge is 0.140 e. The average Bonchev–Trinajstić information content (AvgIpc) is 3.11. The van der Waals surface area contributed by atoms with Gasteiger partial charge in [0.25, 0.3) is 0 Å². The monoisotopic (exact) mass is 350 g/mol. The molecule has 0 unspecified atom stereocenters. The number of halogens is 1. The molecule has 0 aliphatic rings. The maximum Gasteiger partial charge on any atom is 0.140 e. The molecule has 0 radical (unpaired) electrons. The molecule has 5 nitrogen and oxygen atoms in total. The Balaban J connectivity index is 1.88. The van der Waals surface area contributed by atoms with E-state index < -0.39 is 0 Å². The molecule has 0 saturated heterocycles. The van der Waals surface area contributed by atoms with Gasteiger partial charge in [0.05, 0.1) is 12.2 Å². The van der Waals surface area contributed by atoms with Crippen molar-refractivity contribution >= 4 is 0 Å². The molecule has 1 aromatic carbocycles. The van der Waals surface area contributed by atoms with E-state index in [2.05, 4.69) is 33.9 Å². The van der Waals surface area contributed by atoms with Gasteiger partial charge in [-0.05, 0) is 36.1 Å². The van der Waals surface area contributed by atoms with Crippen molar-refractivity contribution in [3.8, 4) is 23.2 Å². The Morgan fingerprint density at radius 1 is 1.23 bits per heavy atom. The van der Waals surface area contributed by atoms with Crippen LogP contribution >= 0.6 is 0 Å². The molecule has 0 fully saturated rings. The first-order valence-electron chi connectivity index (χ1n) is 8.31. The summed E-state index contributed by atoms with van der Waals surface area (Å²) >= 11 is 0. The molecular formula is C20H19FN4O. The van der Waals surface area contributed by atoms with Crippen LogP contribution in [0.15, 0.2) is 42.7 Å². The van der Waals surface area contributed by atoms with Crippen molar-refractivity contribution in [3.05, 3.63) is 65.5 Å². The molecule has 0 atom stereocenters. The van der Waals surface area contributed by atoms with E-state index in [1.54, 1.807) is 19.4 Å².